The Morgan fingerprint density at radius 1 is 1.12 bits per heavy atom. The molecular weight excluding hydrogens is 200 g/mol. The molecule has 88 valence electrons. The van der Waals surface area contributed by atoms with Gasteiger partial charge < -0.3 is 9.47 Å². The summed E-state index contributed by atoms with van der Waals surface area (Å²) in [6.07, 6.45) is -0.101. The van der Waals surface area contributed by atoms with Crippen molar-refractivity contribution < 1.29 is 9.47 Å². The van der Waals surface area contributed by atoms with Gasteiger partial charge in [-0.15, -0.1) is 0 Å². The molecule has 0 amide bonds. The molecule has 0 radical (unpaired) electrons. The molecule has 0 aliphatic carbocycles. The van der Waals surface area contributed by atoms with E-state index in [9.17, 15) is 0 Å². The second-order valence-electron chi connectivity index (χ2n) is 5.35. The summed E-state index contributed by atoms with van der Waals surface area (Å²) in [6, 6.07) is 10.4. The van der Waals surface area contributed by atoms with Crippen molar-refractivity contribution in [2.75, 3.05) is 13.2 Å². The average molecular weight is 220 g/mol. The zero-order valence-corrected chi connectivity index (χ0v) is 10.3. The Labute approximate surface area is 97.6 Å². The molecule has 1 aliphatic rings. The summed E-state index contributed by atoms with van der Waals surface area (Å²) in [5, 5.41) is 0. The number of hydrogen-bond acceptors (Lipinski definition) is 2. The van der Waals surface area contributed by atoms with Gasteiger partial charge in [0.15, 0.2) is 6.29 Å². The molecule has 2 nitrogen and oxygen atoms in total. The Hall–Kier alpha value is -0.860. The Balaban J connectivity index is 2.00. The van der Waals surface area contributed by atoms with E-state index in [2.05, 4.69) is 45.0 Å². The lowest BCUT2D eigenvalue weighted by Crippen LogP contribution is -2.39. The number of rotatable bonds is 2. The van der Waals surface area contributed by atoms with Crippen molar-refractivity contribution in [1.82, 2.24) is 0 Å². The van der Waals surface area contributed by atoms with Crippen LogP contribution in [0.15, 0.2) is 30.3 Å². The minimum absolute atomic E-state index is 0.101. The zero-order chi connectivity index (χ0) is 11.6. The molecule has 2 heteroatoms. The zero-order valence-electron chi connectivity index (χ0n) is 10.3. The lowest BCUT2D eigenvalue weighted by Gasteiger charge is -2.37. The number of hydrogen-bond donors (Lipinski definition) is 0. The predicted octanol–water partition coefficient (Wildman–Crippen LogP) is 3.19. The van der Waals surface area contributed by atoms with Gasteiger partial charge >= 0.3 is 0 Å². The quantitative estimate of drug-likeness (QED) is 0.762. The molecule has 2 rings (SSSR count). The molecule has 0 spiro atoms. The van der Waals surface area contributed by atoms with Gasteiger partial charge in [0.1, 0.15) is 0 Å². The van der Waals surface area contributed by atoms with E-state index in [4.69, 9.17) is 9.47 Å². The number of benzene rings is 1. The minimum Gasteiger partial charge on any atom is -0.351 e. The molecule has 0 saturated carbocycles. The van der Waals surface area contributed by atoms with Crippen molar-refractivity contribution >= 4 is 0 Å². The highest BCUT2D eigenvalue weighted by molar-refractivity contribution is 5.19. The van der Waals surface area contributed by atoms with E-state index in [1.54, 1.807) is 0 Å². The molecule has 16 heavy (non-hydrogen) atoms. The molecule has 1 aromatic rings. The van der Waals surface area contributed by atoms with Crippen molar-refractivity contribution in [2.24, 2.45) is 5.41 Å². The summed E-state index contributed by atoms with van der Waals surface area (Å²) >= 11 is 0. The Morgan fingerprint density at radius 3 is 2.25 bits per heavy atom. The van der Waals surface area contributed by atoms with Crippen molar-refractivity contribution in [1.29, 1.82) is 0 Å². The third-order valence-electron chi connectivity index (χ3n) is 3.01. The molecule has 1 fully saturated rings. The fourth-order valence-corrected chi connectivity index (χ4v) is 1.91. The molecule has 1 saturated heterocycles. The average Bonchev–Trinajstić information content (AvgIpc) is 2.29. The molecule has 0 bridgehead atoms. The van der Waals surface area contributed by atoms with Gasteiger partial charge in [-0.25, -0.2) is 0 Å². The summed E-state index contributed by atoms with van der Waals surface area (Å²) in [7, 11) is 0. The molecule has 1 aliphatic heterocycles. The van der Waals surface area contributed by atoms with Crippen LogP contribution in [0.25, 0.3) is 0 Å². The van der Waals surface area contributed by atoms with Gasteiger partial charge in [0, 0.05) is 11.3 Å². The SMILES string of the molecule is CC(c1ccccc1)C1OCC(C)(C)CO1. The molecule has 1 aromatic carbocycles. The van der Waals surface area contributed by atoms with Gasteiger partial charge in [-0.1, -0.05) is 51.1 Å². The third kappa shape index (κ3) is 2.63. The van der Waals surface area contributed by atoms with Crippen LogP contribution in [0.2, 0.25) is 0 Å². The molecular formula is C14H20O2. The maximum atomic E-state index is 5.79. The van der Waals surface area contributed by atoms with Crippen molar-refractivity contribution in [2.45, 2.75) is 33.0 Å². The Bertz CT molecular complexity index is 322. The molecule has 0 N–H and O–H groups in total. The van der Waals surface area contributed by atoms with Crippen LogP contribution in [0, 0.1) is 5.41 Å². The van der Waals surface area contributed by atoms with Crippen LogP contribution >= 0.6 is 0 Å². The van der Waals surface area contributed by atoms with Crippen LogP contribution in [-0.4, -0.2) is 19.5 Å². The monoisotopic (exact) mass is 220 g/mol. The second kappa shape index (κ2) is 4.56. The second-order valence-corrected chi connectivity index (χ2v) is 5.35. The lowest BCUT2D eigenvalue weighted by molar-refractivity contribution is -0.229. The van der Waals surface area contributed by atoms with Gasteiger partial charge in [-0.05, 0) is 5.56 Å². The standard InChI is InChI=1S/C14H20O2/c1-11(12-7-5-4-6-8-12)13-15-9-14(2,3)10-16-13/h4-8,11,13H,9-10H2,1-3H3. The summed E-state index contributed by atoms with van der Waals surface area (Å²) < 4.78 is 11.6. The Morgan fingerprint density at radius 2 is 1.69 bits per heavy atom. The first kappa shape index (κ1) is 11.6. The van der Waals surface area contributed by atoms with Crippen LogP contribution in [0.5, 0.6) is 0 Å². The van der Waals surface area contributed by atoms with Crippen LogP contribution < -0.4 is 0 Å². The largest absolute Gasteiger partial charge is 0.351 e. The van der Waals surface area contributed by atoms with Gasteiger partial charge in [-0.2, -0.15) is 0 Å². The number of ether oxygens (including phenoxy) is 2. The van der Waals surface area contributed by atoms with Crippen LogP contribution in [0.4, 0.5) is 0 Å². The van der Waals surface area contributed by atoms with Crippen LogP contribution in [-0.2, 0) is 9.47 Å². The highest BCUT2D eigenvalue weighted by Gasteiger charge is 2.31. The van der Waals surface area contributed by atoms with Gasteiger partial charge in [0.05, 0.1) is 13.2 Å². The summed E-state index contributed by atoms with van der Waals surface area (Å²) in [5.74, 6) is 0.289. The van der Waals surface area contributed by atoms with Crippen molar-refractivity contribution in [3.63, 3.8) is 0 Å². The minimum atomic E-state index is -0.101. The van der Waals surface area contributed by atoms with E-state index < -0.39 is 0 Å². The highest BCUT2D eigenvalue weighted by atomic mass is 16.7. The lowest BCUT2D eigenvalue weighted by atomic mass is 9.94. The predicted molar refractivity (Wildman–Crippen MR) is 64.3 cm³/mol. The fourth-order valence-electron chi connectivity index (χ4n) is 1.91. The fraction of sp³-hybridized carbons (Fsp3) is 0.571. The third-order valence-corrected chi connectivity index (χ3v) is 3.01. The van der Waals surface area contributed by atoms with E-state index in [0.29, 0.717) is 0 Å². The van der Waals surface area contributed by atoms with E-state index >= 15 is 0 Å². The van der Waals surface area contributed by atoms with E-state index in [1.807, 2.05) is 6.07 Å². The smallest absolute Gasteiger partial charge is 0.164 e. The Kier molecular flexibility index (Phi) is 3.31. The van der Waals surface area contributed by atoms with E-state index in [1.165, 1.54) is 5.56 Å². The van der Waals surface area contributed by atoms with Crippen LogP contribution in [0.1, 0.15) is 32.3 Å². The topological polar surface area (TPSA) is 18.5 Å². The van der Waals surface area contributed by atoms with Gasteiger partial charge in [-0.3, -0.25) is 0 Å². The normalized spacial score (nSPS) is 22.9. The summed E-state index contributed by atoms with van der Waals surface area (Å²) in [6.45, 7) is 8.02. The van der Waals surface area contributed by atoms with Gasteiger partial charge in [0.25, 0.3) is 0 Å². The maximum Gasteiger partial charge on any atom is 0.164 e. The van der Waals surface area contributed by atoms with Crippen molar-refractivity contribution in [3.8, 4) is 0 Å². The van der Waals surface area contributed by atoms with Gasteiger partial charge in [0.2, 0.25) is 0 Å². The first-order valence-electron chi connectivity index (χ1n) is 5.87. The molecule has 0 aromatic heterocycles. The summed E-state index contributed by atoms with van der Waals surface area (Å²) in [4.78, 5) is 0. The van der Waals surface area contributed by atoms with E-state index in [0.717, 1.165) is 13.2 Å². The maximum absolute atomic E-state index is 5.79. The van der Waals surface area contributed by atoms with Crippen molar-refractivity contribution in [3.05, 3.63) is 35.9 Å². The highest BCUT2D eigenvalue weighted by Crippen LogP contribution is 2.30. The molecule has 1 atom stereocenters. The summed E-state index contributed by atoms with van der Waals surface area (Å²) in [5.41, 5.74) is 1.42. The van der Waals surface area contributed by atoms with Crippen LogP contribution in [0.3, 0.4) is 0 Å². The molecule has 1 heterocycles. The first-order valence-corrected chi connectivity index (χ1v) is 5.87. The molecule has 1 unspecified atom stereocenters. The van der Waals surface area contributed by atoms with E-state index in [-0.39, 0.29) is 17.6 Å². The first-order chi connectivity index (χ1) is 7.58.